The number of nitrogens with zero attached hydrogens (tertiary/aromatic N) is 2. The van der Waals surface area contributed by atoms with Crippen molar-refractivity contribution in [2.75, 3.05) is 18.4 Å². The number of benzene rings is 1. The average Bonchev–Trinajstić information content (AvgIpc) is 3.04. The molecule has 0 bridgehead atoms. The summed E-state index contributed by atoms with van der Waals surface area (Å²) < 4.78 is 26.5. The molecule has 1 fully saturated rings. The van der Waals surface area contributed by atoms with E-state index in [2.05, 4.69) is 10.3 Å². The molecule has 4 nitrogen and oxygen atoms in total. The van der Waals surface area contributed by atoms with E-state index in [4.69, 9.17) is 0 Å². The number of pyridine rings is 1. The van der Waals surface area contributed by atoms with E-state index in [1.54, 1.807) is 17.0 Å². The smallest absolute Gasteiger partial charge is 0.272 e. The van der Waals surface area contributed by atoms with E-state index in [9.17, 15) is 13.6 Å². The molecule has 1 amide bonds. The van der Waals surface area contributed by atoms with Crippen molar-refractivity contribution in [2.45, 2.75) is 12.8 Å². The van der Waals surface area contributed by atoms with Crippen LogP contribution in [0.5, 0.6) is 0 Å². The molecule has 0 radical (unpaired) electrons. The van der Waals surface area contributed by atoms with E-state index in [0.717, 1.165) is 32.0 Å². The van der Waals surface area contributed by atoms with Crippen molar-refractivity contribution in [1.29, 1.82) is 0 Å². The van der Waals surface area contributed by atoms with Crippen LogP contribution in [0, 0.1) is 11.6 Å². The lowest BCUT2D eigenvalue weighted by Gasteiger charge is -2.15. The van der Waals surface area contributed by atoms with Crippen LogP contribution in [0.3, 0.4) is 0 Å². The third-order valence-corrected chi connectivity index (χ3v) is 3.58. The number of hydrogen-bond donors (Lipinski definition) is 1. The van der Waals surface area contributed by atoms with Gasteiger partial charge in [-0.3, -0.25) is 9.78 Å². The summed E-state index contributed by atoms with van der Waals surface area (Å²) in [4.78, 5) is 18.1. The number of anilines is 2. The Balaban J connectivity index is 1.80. The molecule has 0 unspecified atom stereocenters. The molecule has 0 spiro atoms. The molecule has 2 heterocycles. The van der Waals surface area contributed by atoms with Gasteiger partial charge < -0.3 is 10.2 Å². The second-order valence-corrected chi connectivity index (χ2v) is 5.18. The number of hydrogen-bond acceptors (Lipinski definition) is 3. The van der Waals surface area contributed by atoms with Gasteiger partial charge in [-0.15, -0.1) is 0 Å². The van der Waals surface area contributed by atoms with Gasteiger partial charge in [0.05, 0.1) is 5.69 Å². The Bertz CT molecular complexity index is 700. The first-order valence-corrected chi connectivity index (χ1v) is 7.11. The molecule has 6 heteroatoms. The van der Waals surface area contributed by atoms with E-state index in [-0.39, 0.29) is 11.6 Å². The van der Waals surface area contributed by atoms with Crippen LogP contribution in [-0.2, 0) is 0 Å². The molecule has 1 aromatic carbocycles. The molecule has 1 aliphatic rings. The molecule has 1 aromatic heterocycles. The first-order chi connectivity index (χ1) is 10.6. The number of carbonyl (C=O) groups is 1. The van der Waals surface area contributed by atoms with Gasteiger partial charge in [0.2, 0.25) is 0 Å². The zero-order chi connectivity index (χ0) is 15.5. The van der Waals surface area contributed by atoms with Crippen molar-refractivity contribution >= 4 is 17.3 Å². The fraction of sp³-hybridized carbons (Fsp3) is 0.250. The van der Waals surface area contributed by atoms with Gasteiger partial charge in [-0.2, -0.15) is 0 Å². The van der Waals surface area contributed by atoms with Crippen LogP contribution in [-0.4, -0.2) is 28.9 Å². The number of likely N-dealkylation sites (tertiary alicyclic amines) is 1. The van der Waals surface area contributed by atoms with Crippen molar-refractivity contribution < 1.29 is 13.6 Å². The topological polar surface area (TPSA) is 45.2 Å². The lowest BCUT2D eigenvalue weighted by molar-refractivity contribution is 0.0787. The summed E-state index contributed by atoms with van der Waals surface area (Å²) in [6.45, 7) is 1.48. The molecule has 1 aliphatic heterocycles. The predicted molar refractivity (Wildman–Crippen MR) is 79.0 cm³/mol. The van der Waals surface area contributed by atoms with Gasteiger partial charge in [-0.05, 0) is 37.1 Å². The van der Waals surface area contributed by atoms with E-state index < -0.39 is 11.6 Å². The summed E-state index contributed by atoms with van der Waals surface area (Å²) in [6, 6.07) is 6.49. The van der Waals surface area contributed by atoms with Gasteiger partial charge in [-0.1, -0.05) is 0 Å². The fourth-order valence-corrected chi connectivity index (χ4v) is 2.45. The number of amides is 1. The second kappa shape index (κ2) is 6.09. The molecule has 1 N–H and O–H groups in total. The lowest BCUT2D eigenvalue weighted by atomic mass is 10.2. The first kappa shape index (κ1) is 14.4. The molecule has 22 heavy (non-hydrogen) atoms. The Labute approximate surface area is 126 Å². The van der Waals surface area contributed by atoms with E-state index in [1.807, 2.05) is 0 Å². The number of halogens is 2. The molecule has 0 atom stereocenters. The Morgan fingerprint density at radius 2 is 1.91 bits per heavy atom. The molecular formula is C16H15F2N3O. The maximum absolute atomic E-state index is 13.6. The van der Waals surface area contributed by atoms with Crippen LogP contribution in [0.1, 0.15) is 23.3 Å². The summed E-state index contributed by atoms with van der Waals surface area (Å²) in [5.41, 5.74) is 0.990. The minimum Gasteiger partial charge on any atom is -0.353 e. The van der Waals surface area contributed by atoms with Crippen LogP contribution in [0.25, 0.3) is 0 Å². The average molecular weight is 303 g/mol. The Kier molecular flexibility index (Phi) is 4.00. The first-order valence-electron chi connectivity index (χ1n) is 7.11. The third-order valence-electron chi connectivity index (χ3n) is 3.58. The molecule has 3 rings (SSSR count). The Morgan fingerprint density at radius 1 is 1.14 bits per heavy atom. The molecule has 0 aliphatic carbocycles. The minimum absolute atomic E-state index is 0.124. The van der Waals surface area contributed by atoms with E-state index >= 15 is 0 Å². The highest BCUT2D eigenvalue weighted by Gasteiger charge is 2.20. The maximum atomic E-state index is 13.6. The van der Waals surface area contributed by atoms with Gasteiger partial charge in [-0.25, -0.2) is 8.78 Å². The highest BCUT2D eigenvalue weighted by molar-refractivity contribution is 5.93. The van der Waals surface area contributed by atoms with Gasteiger partial charge in [0.25, 0.3) is 5.91 Å². The van der Waals surface area contributed by atoms with Crippen molar-refractivity contribution in [2.24, 2.45) is 0 Å². The quantitative estimate of drug-likeness (QED) is 0.946. The highest BCUT2D eigenvalue weighted by Crippen LogP contribution is 2.21. The Morgan fingerprint density at radius 3 is 2.64 bits per heavy atom. The summed E-state index contributed by atoms with van der Waals surface area (Å²) in [5, 5.41) is 2.83. The van der Waals surface area contributed by atoms with Crippen molar-refractivity contribution in [1.82, 2.24) is 9.88 Å². The Hall–Kier alpha value is -2.50. The second-order valence-electron chi connectivity index (χ2n) is 5.18. The number of rotatable bonds is 3. The number of nitrogens with one attached hydrogen (secondary N) is 1. The largest absolute Gasteiger partial charge is 0.353 e. The third kappa shape index (κ3) is 3.05. The predicted octanol–water partition coefficient (Wildman–Crippen LogP) is 3.34. The normalized spacial score (nSPS) is 14.2. The molecule has 114 valence electrons. The molecule has 1 saturated heterocycles. The van der Waals surface area contributed by atoms with Crippen molar-refractivity contribution in [3.05, 3.63) is 53.9 Å². The minimum atomic E-state index is -0.691. The molecular weight excluding hydrogens is 288 g/mol. The van der Waals surface area contributed by atoms with Gasteiger partial charge in [0, 0.05) is 31.0 Å². The molecule has 2 aromatic rings. The van der Waals surface area contributed by atoms with Gasteiger partial charge in [0.15, 0.2) is 0 Å². The summed E-state index contributed by atoms with van der Waals surface area (Å²) in [7, 11) is 0. The maximum Gasteiger partial charge on any atom is 0.272 e. The lowest BCUT2D eigenvalue weighted by Crippen LogP contribution is -2.28. The van der Waals surface area contributed by atoms with Crippen LogP contribution in [0.2, 0.25) is 0 Å². The standard InChI is InChI=1S/C16H15F2N3O/c17-11-3-4-14(13(18)9-11)20-12-5-6-19-15(10-12)16(22)21-7-1-2-8-21/h3-6,9-10H,1-2,7-8H2,(H,19,20). The van der Waals surface area contributed by atoms with Gasteiger partial charge in [0.1, 0.15) is 17.3 Å². The number of aromatic nitrogens is 1. The summed E-state index contributed by atoms with van der Waals surface area (Å²) >= 11 is 0. The summed E-state index contributed by atoms with van der Waals surface area (Å²) in [5.74, 6) is -1.45. The zero-order valence-corrected chi connectivity index (χ0v) is 11.9. The van der Waals surface area contributed by atoms with Crippen LogP contribution >= 0.6 is 0 Å². The monoisotopic (exact) mass is 303 g/mol. The van der Waals surface area contributed by atoms with Crippen molar-refractivity contribution in [3.8, 4) is 0 Å². The molecule has 0 saturated carbocycles. The fourth-order valence-electron chi connectivity index (χ4n) is 2.45. The zero-order valence-electron chi connectivity index (χ0n) is 11.9. The van der Waals surface area contributed by atoms with Gasteiger partial charge >= 0.3 is 0 Å². The van der Waals surface area contributed by atoms with Crippen LogP contribution in [0.4, 0.5) is 20.2 Å². The summed E-state index contributed by atoms with van der Waals surface area (Å²) in [6.07, 6.45) is 3.50. The SMILES string of the molecule is O=C(c1cc(Nc2ccc(F)cc2F)ccn1)N1CCCC1. The highest BCUT2D eigenvalue weighted by atomic mass is 19.1. The van der Waals surface area contributed by atoms with Crippen LogP contribution < -0.4 is 5.32 Å². The van der Waals surface area contributed by atoms with Crippen LogP contribution in [0.15, 0.2) is 36.5 Å². The number of carbonyl (C=O) groups excluding carboxylic acids is 1. The van der Waals surface area contributed by atoms with E-state index in [1.165, 1.54) is 18.3 Å². The van der Waals surface area contributed by atoms with E-state index in [0.29, 0.717) is 11.4 Å². The van der Waals surface area contributed by atoms with Crippen molar-refractivity contribution in [3.63, 3.8) is 0 Å².